The maximum atomic E-state index is 13.0. The molecule has 160 valence electrons. The summed E-state index contributed by atoms with van der Waals surface area (Å²) < 4.78 is 10.7. The predicted molar refractivity (Wildman–Crippen MR) is 118 cm³/mol. The molecule has 0 aliphatic carbocycles. The van der Waals surface area contributed by atoms with Gasteiger partial charge in [-0.25, -0.2) is 14.6 Å². The van der Waals surface area contributed by atoms with Crippen molar-refractivity contribution in [3.8, 4) is 11.5 Å². The number of benzene rings is 2. The first-order valence-corrected chi connectivity index (χ1v) is 10.0. The predicted octanol–water partition coefficient (Wildman–Crippen LogP) is 4.52. The van der Waals surface area contributed by atoms with E-state index in [9.17, 15) is 19.8 Å². The molecule has 10 heteroatoms. The Hall–Kier alpha value is -3.75. The highest BCUT2D eigenvalue weighted by Gasteiger charge is 2.34. The van der Waals surface area contributed by atoms with E-state index in [1.807, 2.05) is 0 Å². The third kappa shape index (κ3) is 3.12. The molecule has 0 atom stereocenters. The normalized spacial score (nSPS) is 11.6. The van der Waals surface area contributed by atoms with Crippen LogP contribution in [0.1, 0.15) is 22.9 Å². The highest BCUT2D eigenvalue weighted by molar-refractivity contribution is 6.31. The van der Waals surface area contributed by atoms with Crippen LogP contribution in [0.15, 0.2) is 67.2 Å². The van der Waals surface area contributed by atoms with Gasteiger partial charge in [-0.15, -0.1) is 0 Å². The molecule has 0 aliphatic heterocycles. The van der Waals surface area contributed by atoms with E-state index in [-0.39, 0.29) is 38.9 Å². The SMILES string of the molecule is O=c1oc2ccc(Cl)cc2c(O)c1C(c1ncc[nH]1)c1c(O)c2cc(Cl)ccc2oc1=O. The standard InChI is InChI=1S/C22H12Cl2N2O6/c23-9-1-3-13-11(7-9)18(27)16(21(29)31-13)15(20-25-5-6-26-20)17-19(28)12-8-10(24)2-4-14(12)32-22(17)30/h1-8,15,27-28H,(H,25,26). The Labute approximate surface area is 188 Å². The van der Waals surface area contributed by atoms with Gasteiger partial charge in [0.2, 0.25) is 0 Å². The highest BCUT2D eigenvalue weighted by Crippen LogP contribution is 2.41. The summed E-state index contributed by atoms with van der Waals surface area (Å²) in [6, 6.07) is 8.72. The molecule has 0 amide bonds. The number of aromatic nitrogens is 2. The van der Waals surface area contributed by atoms with Crippen LogP contribution in [0.2, 0.25) is 10.0 Å². The van der Waals surface area contributed by atoms with Gasteiger partial charge in [-0.3, -0.25) is 0 Å². The van der Waals surface area contributed by atoms with Crippen molar-refractivity contribution < 1.29 is 19.0 Å². The second-order valence-electron chi connectivity index (χ2n) is 6.99. The van der Waals surface area contributed by atoms with E-state index in [0.717, 1.165) is 0 Å². The molecule has 0 saturated heterocycles. The molecule has 8 nitrogen and oxygen atoms in total. The number of nitrogens with one attached hydrogen (secondary N) is 1. The minimum atomic E-state index is -1.34. The monoisotopic (exact) mass is 470 g/mol. The number of fused-ring (bicyclic) bond motifs is 2. The quantitative estimate of drug-likeness (QED) is 0.330. The van der Waals surface area contributed by atoms with Crippen molar-refractivity contribution in [3.63, 3.8) is 0 Å². The van der Waals surface area contributed by atoms with Crippen molar-refractivity contribution in [2.75, 3.05) is 0 Å². The number of H-pyrrole nitrogens is 1. The van der Waals surface area contributed by atoms with Gasteiger partial charge in [0.1, 0.15) is 28.5 Å². The van der Waals surface area contributed by atoms with Crippen LogP contribution in [0, 0.1) is 0 Å². The summed E-state index contributed by atoms with van der Waals surface area (Å²) in [5, 5.41) is 22.9. The van der Waals surface area contributed by atoms with Crippen molar-refractivity contribution in [2.45, 2.75) is 5.92 Å². The van der Waals surface area contributed by atoms with Gasteiger partial charge in [0.05, 0.1) is 27.8 Å². The molecular formula is C22H12Cl2N2O6. The average Bonchev–Trinajstić information content (AvgIpc) is 3.28. The lowest BCUT2D eigenvalue weighted by Gasteiger charge is -2.17. The van der Waals surface area contributed by atoms with Gasteiger partial charge in [-0.2, -0.15) is 0 Å². The Morgan fingerprint density at radius 3 is 1.78 bits per heavy atom. The van der Waals surface area contributed by atoms with Gasteiger partial charge >= 0.3 is 11.3 Å². The van der Waals surface area contributed by atoms with Crippen LogP contribution in [-0.4, -0.2) is 20.2 Å². The molecule has 0 bridgehead atoms. The number of imidazole rings is 1. The molecule has 32 heavy (non-hydrogen) atoms. The van der Waals surface area contributed by atoms with Crippen molar-refractivity contribution >= 4 is 45.1 Å². The average molecular weight is 471 g/mol. The molecule has 0 aliphatic rings. The molecule has 0 fully saturated rings. The summed E-state index contributed by atoms with van der Waals surface area (Å²) in [6.45, 7) is 0. The number of aromatic hydroxyl groups is 2. The van der Waals surface area contributed by atoms with Crippen LogP contribution < -0.4 is 11.3 Å². The minimum absolute atomic E-state index is 0.0953. The van der Waals surface area contributed by atoms with E-state index < -0.39 is 28.7 Å². The third-order valence-corrected chi connectivity index (χ3v) is 5.59. The van der Waals surface area contributed by atoms with Gasteiger partial charge in [-0.05, 0) is 36.4 Å². The van der Waals surface area contributed by atoms with E-state index in [1.54, 1.807) is 0 Å². The summed E-state index contributed by atoms with van der Waals surface area (Å²) >= 11 is 12.1. The molecule has 0 radical (unpaired) electrons. The van der Waals surface area contributed by atoms with Gasteiger partial charge in [0.25, 0.3) is 0 Å². The van der Waals surface area contributed by atoms with Crippen molar-refractivity contribution in [3.05, 3.63) is 96.6 Å². The molecule has 3 N–H and O–H groups in total. The fourth-order valence-electron chi connectivity index (χ4n) is 3.71. The van der Waals surface area contributed by atoms with E-state index >= 15 is 0 Å². The summed E-state index contributed by atoms with van der Waals surface area (Å²) in [5.41, 5.74) is -2.30. The zero-order valence-electron chi connectivity index (χ0n) is 15.9. The van der Waals surface area contributed by atoms with E-state index in [4.69, 9.17) is 32.0 Å². The zero-order valence-corrected chi connectivity index (χ0v) is 17.4. The maximum Gasteiger partial charge on any atom is 0.344 e. The molecular weight excluding hydrogens is 459 g/mol. The van der Waals surface area contributed by atoms with Crippen LogP contribution in [0.25, 0.3) is 21.9 Å². The summed E-state index contributed by atoms with van der Waals surface area (Å²) in [7, 11) is 0. The van der Waals surface area contributed by atoms with Crippen LogP contribution >= 0.6 is 23.2 Å². The third-order valence-electron chi connectivity index (χ3n) is 5.12. The molecule has 0 saturated carbocycles. The smallest absolute Gasteiger partial charge is 0.344 e. The minimum Gasteiger partial charge on any atom is -0.507 e. The van der Waals surface area contributed by atoms with Crippen LogP contribution in [0.5, 0.6) is 11.5 Å². The number of halogens is 2. The first-order chi connectivity index (χ1) is 15.3. The van der Waals surface area contributed by atoms with Crippen LogP contribution in [-0.2, 0) is 0 Å². The Balaban J connectivity index is 1.90. The van der Waals surface area contributed by atoms with Crippen molar-refractivity contribution in [2.24, 2.45) is 0 Å². The first-order valence-electron chi connectivity index (χ1n) is 9.25. The topological polar surface area (TPSA) is 130 Å². The highest BCUT2D eigenvalue weighted by atomic mass is 35.5. The maximum absolute atomic E-state index is 13.0. The van der Waals surface area contributed by atoms with E-state index in [1.165, 1.54) is 48.8 Å². The zero-order chi connectivity index (χ0) is 22.6. The Morgan fingerprint density at radius 1 is 0.844 bits per heavy atom. The second-order valence-corrected chi connectivity index (χ2v) is 7.86. The van der Waals surface area contributed by atoms with Crippen molar-refractivity contribution in [1.29, 1.82) is 0 Å². The molecule has 3 heterocycles. The molecule has 0 unspecified atom stereocenters. The summed E-state index contributed by atoms with van der Waals surface area (Å²) in [4.78, 5) is 32.9. The fraction of sp³-hybridized carbons (Fsp3) is 0.0455. The lowest BCUT2D eigenvalue weighted by molar-refractivity contribution is 0.440. The number of rotatable bonds is 3. The molecule has 0 spiro atoms. The Kier molecular flexibility index (Phi) is 4.69. The van der Waals surface area contributed by atoms with Crippen molar-refractivity contribution in [1.82, 2.24) is 9.97 Å². The van der Waals surface area contributed by atoms with Crippen LogP contribution in [0.4, 0.5) is 0 Å². The van der Waals surface area contributed by atoms with Gasteiger partial charge in [0.15, 0.2) is 0 Å². The van der Waals surface area contributed by atoms with Gasteiger partial charge < -0.3 is 24.0 Å². The molecule has 5 rings (SSSR count). The van der Waals surface area contributed by atoms with Crippen LogP contribution in [0.3, 0.4) is 0 Å². The van der Waals surface area contributed by atoms with Gasteiger partial charge in [0, 0.05) is 22.4 Å². The second kappa shape index (κ2) is 7.44. The Bertz CT molecular complexity index is 1520. The van der Waals surface area contributed by atoms with E-state index in [0.29, 0.717) is 10.0 Å². The molecule has 3 aromatic heterocycles. The number of aromatic amines is 1. The first kappa shape index (κ1) is 20.2. The molecule has 2 aromatic carbocycles. The summed E-state index contributed by atoms with van der Waals surface area (Å²) in [5.74, 6) is -2.18. The number of hydrogen-bond donors (Lipinski definition) is 3. The number of hydrogen-bond acceptors (Lipinski definition) is 7. The number of nitrogens with zero attached hydrogens (tertiary/aromatic N) is 1. The summed E-state index contributed by atoms with van der Waals surface area (Å²) in [6.07, 6.45) is 2.87. The largest absolute Gasteiger partial charge is 0.507 e. The lowest BCUT2D eigenvalue weighted by atomic mass is 9.90. The Morgan fingerprint density at radius 2 is 1.34 bits per heavy atom. The van der Waals surface area contributed by atoms with E-state index in [2.05, 4.69) is 9.97 Å². The lowest BCUT2D eigenvalue weighted by Crippen LogP contribution is -2.22. The molecule has 5 aromatic rings. The fourth-order valence-corrected chi connectivity index (χ4v) is 4.05. The van der Waals surface area contributed by atoms with Gasteiger partial charge in [-0.1, -0.05) is 23.2 Å².